The topological polar surface area (TPSA) is 104 Å². The minimum absolute atomic E-state index is 0.0902. The number of rotatable bonds is 4. The molecule has 1 fully saturated rings. The normalized spacial score (nSPS) is 20.8. The molecule has 10 heteroatoms. The van der Waals surface area contributed by atoms with Gasteiger partial charge >= 0.3 is 0 Å². The van der Waals surface area contributed by atoms with Gasteiger partial charge < -0.3 is 18.6 Å². The molecule has 1 aromatic heterocycles. The molecular formula is C17H21N3O6S. The quantitative estimate of drug-likeness (QED) is 0.771. The lowest BCUT2D eigenvalue weighted by Gasteiger charge is -2.30. The van der Waals surface area contributed by atoms with Gasteiger partial charge in [-0.2, -0.15) is 4.31 Å². The largest absolute Gasteiger partial charge is 0.486 e. The molecule has 1 saturated heterocycles. The van der Waals surface area contributed by atoms with Crippen molar-refractivity contribution in [2.45, 2.75) is 30.8 Å². The Balaban J connectivity index is 1.56. The summed E-state index contributed by atoms with van der Waals surface area (Å²) in [5.74, 6) is 1.87. The Morgan fingerprint density at radius 2 is 1.89 bits per heavy atom. The molecule has 0 N–H and O–H groups in total. The van der Waals surface area contributed by atoms with Crippen LogP contribution in [0.15, 0.2) is 27.5 Å². The second kappa shape index (κ2) is 7.10. The fraction of sp³-hybridized carbons (Fsp3) is 0.529. The highest BCUT2D eigenvalue weighted by Gasteiger charge is 2.34. The summed E-state index contributed by atoms with van der Waals surface area (Å²) < 4.78 is 49.7. The number of nitrogens with zero attached hydrogens (tertiary/aromatic N) is 3. The third-order valence-electron chi connectivity index (χ3n) is 4.41. The Labute approximate surface area is 157 Å². The Morgan fingerprint density at radius 1 is 1.11 bits per heavy atom. The van der Waals surface area contributed by atoms with Crippen LogP contribution in [-0.4, -0.2) is 55.8 Å². The molecule has 4 rings (SSSR count). The summed E-state index contributed by atoms with van der Waals surface area (Å²) in [7, 11) is -3.72. The maximum absolute atomic E-state index is 13.1. The average molecular weight is 395 g/mol. The second-order valence-electron chi connectivity index (χ2n) is 6.66. The number of morpholine rings is 1. The summed E-state index contributed by atoms with van der Waals surface area (Å²) in [6, 6.07) is 4.64. The van der Waals surface area contributed by atoms with Crippen molar-refractivity contribution < 1.29 is 27.0 Å². The molecule has 2 aromatic rings. The van der Waals surface area contributed by atoms with Crippen molar-refractivity contribution >= 4 is 10.0 Å². The predicted molar refractivity (Wildman–Crippen MR) is 93.3 cm³/mol. The van der Waals surface area contributed by atoms with Crippen LogP contribution < -0.4 is 9.47 Å². The first-order valence-corrected chi connectivity index (χ1v) is 10.2. The third-order valence-corrected chi connectivity index (χ3v) is 6.27. The van der Waals surface area contributed by atoms with E-state index in [0.29, 0.717) is 36.5 Å². The smallest absolute Gasteiger partial charge is 0.246 e. The zero-order valence-electron chi connectivity index (χ0n) is 15.1. The van der Waals surface area contributed by atoms with Gasteiger partial charge in [0.1, 0.15) is 19.3 Å². The predicted octanol–water partition coefficient (Wildman–Crippen LogP) is 1.73. The molecule has 1 atom stereocenters. The van der Waals surface area contributed by atoms with E-state index in [-0.39, 0.29) is 30.5 Å². The van der Waals surface area contributed by atoms with Gasteiger partial charge in [-0.1, -0.05) is 13.8 Å². The van der Waals surface area contributed by atoms with E-state index in [1.54, 1.807) is 6.07 Å². The molecule has 27 heavy (non-hydrogen) atoms. The number of fused-ring (bicyclic) bond motifs is 1. The van der Waals surface area contributed by atoms with E-state index in [1.807, 2.05) is 13.8 Å². The number of hydrogen-bond donors (Lipinski definition) is 0. The maximum atomic E-state index is 13.1. The monoisotopic (exact) mass is 395 g/mol. The Bertz CT molecular complexity index is 927. The highest BCUT2D eigenvalue weighted by Crippen LogP contribution is 2.34. The molecule has 0 radical (unpaired) electrons. The number of hydrogen-bond acceptors (Lipinski definition) is 8. The van der Waals surface area contributed by atoms with E-state index in [2.05, 4.69) is 10.2 Å². The maximum Gasteiger partial charge on any atom is 0.246 e. The lowest BCUT2D eigenvalue weighted by molar-refractivity contribution is -0.0179. The molecule has 3 heterocycles. The van der Waals surface area contributed by atoms with Crippen molar-refractivity contribution in [1.29, 1.82) is 0 Å². The zero-order valence-corrected chi connectivity index (χ0v) is 15.9. The summed E-state index contributed by atoms with van der Waals surface area (Å²) in [4.78, 5) is 0.154. The average Bonchev–Trinajstić information content (AvgIpc) is 3.18. The van der Waals surface area contributed by atoms with Gasteiger partial charge in [0.15, 0.2) is 11.5 Å². The molecule has 2 aliphatic rings. The van der Waals surface area contributed by atoms with E-state index < -0.39 is 16.1 Å². The van der Waals surface area contributed by atoms with Crippen molar-refractivity contribution in [3.63, 3.8) is 0 Å². The van der Waals surface area contributed by atoms with Crippen LogP contribution in [0.3, 0.4) is 0 Å². The third kappa shape index (κ3) is 3.52. The van der Waals surface area contributed by atoms with E-state index >= 15 is 0 Å². The van der Waals surface area contributed by atoms with Crippen LogP contribution in [0.2, 0.25) is 0 Å². The van der Waals surface area contributed by atoms with Gasteiger partial charge in [0, 0.05) is 25.1 Å². The summed E-state index contributed by atoms with van der Waals surface area (Å²) in [6.45, 7) is 5.33. The first-order chi connectivity index (χ1) is 12.9. The van der Waals surface area contributed by atoms with Crippen molar-refractivity contribution in [1.82, 2.24) is 14.5 Å². The van der Waals surface area contributed by atoms with Crippen molar-refractivity contribution in [2.75, 3.05) is 32.9 Å². The van der Waals surface area contributed by atoms with E-state index in [1.165, 1.54) is 16.4 Å². The van der Waals surface area contributed by atoms with Gasteiger partial charge in [0.05, 0.1) is 11.5 Å². The second-order valence-corrected chi connectivity index (χ2v) is 8.60. The molecule has 1 aromatic carbocycles. The minimum atomic E-state index is -3.72. The first-order valence-electron chi connectivity index (χ1n) is 8.80. The Hall–Kier alpha value is -2.17. The molecule has 0 amide bonds. The Kier molecular flexibility index (Phi) is 4.79. The highest BCUT2D eigenvalue weighted by molar-refractivity contribution is 7.89. The van der Waals surface area contributed by atoms with E-state index in [9.17, 15) is 8.42 Å². The SMILES string of the molecule is CC(C)c1nnc([C@@H]2CN(S(=O)(=O)c3ccc4c(c3)OCCO4)CCO2)o1. The molecule has 0 aliphatic carbocycles. The van der Waals surface area contributed by atoms with Crippen LogP contribution in [0, 0.1) is 0 Å². The van der Waals surface area contributed by atoms with E-state index in [0.717, 1.165) is 0 Å². The number of sulfonamides is 1. The fourth-order valence-electron chi connectivity index (χ4n) is 2.94. The van der Waals surface area contributed by atoms with Crippen LogP contribution >= 0.6 is 0 Å². The number of benzene rings is 1. The minimum Gasteiger partial charge on any atom is -0.486 e. The Morgan fingerprint density at radius 3 is 2.63 bits per heavy atom. The molecule has 0 saturated carbocycles. The lowest BCUT2D eigenvalue weighted by atomic mass is 10.2. The summed E-state index contributed by atoms with van der Waals surface area (Å²) in [6.07, 6.45) is -0.592. The van der Waals surface area contributed by atoms with Crippen LogP contribution in [-0.2, 0) is 14.8 Å². The molecule has 0 spiro atoms. The van der Waals surface area contributed by atoms with Gasteiger partial charge in [0.2, 0.25) is 21.8 Å². The number of ether oxygens (including phenoxy) is 3. The first kappa shape index (κ1) is 18.2. The summed E-state index contributed by atoms with van der Waals surface area (Å²) in [5.41, 5.74) is 0. The van der Waals surface area contributed by atoms with Crippen LogP contribution in [0.4, 0.5) is 0 Å². The number of aromatic nitrogens is 2. The van der Waals surface area contributed by atoms with Gasteiger partial charge in [-0.15, -0.1) is 10.2 Å². The highest BCUT2D eigenvalue weighted by atomic mass is 32.2. The molecular weight excluding hydrogens is 374 g/mol. The van der Waals surface area contributed by atoms with Crippen molar-refractivity contribution in [3.8, 4) is 11.5 Å². The van der Waals surface area contributed by atoms with Gasteiger partial charge in [-0.25, -0.2) is 8.42 Å². The van der Waals surface area contributed by atoms with Crippen LogP contribution in [0.1, 0.15) is 37.7 Å². The molecule has 0 unspecified atom stereocenters. The zero-order chi connectivity index (χ0) is 19.0. The van der Waals surface area contributed by atoms with Gasteiger partial charge in [0.25, 0.3) is 0 Å². The van der Waals surface area contributed by atoms with Gasteiger partial charge in [-0.3, -0.25) is 0 Å². The molecule has 9 nitrogen and oxygen atoms in total. The van der Waals surface area contributed by atoms with E-state index in [4.69, 9.17) is 18.6 Å². The summed E-state index contributed by atoms with van der Waals surface area (Å²) >= 11 is 0. The lowest BCUT2D eigenvalue weighted by Crippen LogP contribution is -2.42. The molecule has 2 aliphatic heterocycles. The van der Waals surface area contributed by atoms with Crippen LogP contribution in [0.25, 0.3) is 0 Å². The van der Waals surface area contributed by atoms with Crippen molar-refractivity contribution in [2.24, 2.45) is 0 Å². The summed E-state index contributed by atoms with van der Waals surface area (Å²) in [5, 5.41) is 8.00. The van der Waals surface area contributed by atoms with Gasteiger partial charge in [-0.05, 0) is 12.1 Å². The van der Waals surface area contributed by atoms with Crippen LogP contribution in [0.5, 0.6) is 11.5 Å². The fourth-order valence-corrected chi connectivity index (χ4v) is 4.38. The standard InChI is InChI=1S/C17H21N3O6S/c1-11(2)16-18-19-17(26-16)15-10-20(5-6-23-15)27(21,22)12-3-4-13-14(9-12)25-8-7-24-13/h3-4,9,11,15H,5-8,10H2,1-2H3/t15-/m0/s1. The molecule has 146 valence electrons. The van der Waals surface area contributed by atoms with Crippen molar-refractivity contribution in [3.05, 3.63) is 30.0 Å². The molecule has 0 bridgehead atoms.